The summed E-state index contributed by atoms with van der Waals surface area (Å²) < 4.78 is 0.875. The quantitative estimate of drug-likeness (QED) is 0.279. The van der Waals surface area contributed by atoms with Gasteiger partial charge in [0.1, 0.15) is 11.5 Å². The van der Waals surface area contributed by atoms with Crippen molar-refractivity contribution in [1.29, 1.82) is 0 Å². The van der Waals surface area contributed by atoms with E-state index in [0.717, 1.165) is 21.2 Å². The van der Waals surface area contributed by atoms with Gasteiger partial charge in [-0.1, -0.05) is 51.8 Å². The van der Waals surface area contributed by atoms with E-state index in [0.29, 0.717) is 16.8 Å². The second kappa shape index (κ2) is 8.28. The molecule has 1 saturated heterocycles. The molecule has 6 heteroatoms. The summed E-state index contributed by atoms with van der Waals surface area (Å²) in [6, 6.07) is 16.4. The van der Waals surface area contributed by atoms with Crippen molar-refractivity contribution >= 4 is 39.1 Å². The number of rotatable bonds is 3. The molecule has 1 aliphatic rings. The molecule has 0 radical (unpaired) electrons. The van der Waals surface area contributed by atoms with Crippen LogP contribution in [0, 0.1) is 20.8 Å². The van der Waals surface area contributed by atoms with Gasteiger partial charge >= 0.3 is 0 Å². The van der Waals surface area contributed by atoms with Crippen molar-refractivity contribution in [2.75, 3.05) is 4.90 Å². The summed E-state index contributed by atoms with van der Waals surface area (Å²) in [4.78, 5) is 27.9. The van der Waals surface area contributed by atoms with Crippen LogP contribution >= 0.6 is 15.9 Å². The van der Waals surface area contributed by atoms with E-state index in [1.54, 1.807) is 30.3 Å². The van der Waals surface area contributed by atoms with Crippen LogP contribution in [0.15, 0.2) is 70.7 Å². The number of aliphatic hydroxyl groups excluding tert-OH is 1. The molecule has 0 saturated carbocycles. The molecule has 0 bridgehead atoms. The van der Waals surface area contributed by atoms with Gasteiger partial charge in [-0.05, 0) is 67.8 Å². The molecule has 5 nitrogen and oxygen atoms in total. The molecule has 0 aliphatic carbocycles. The van der Waals surface area contributed by atoms with Crippen LogP contribution in [-0.4, -0.2) is 21.9 Å². The minimum absolute atomic E-state index is 0.0161. The Bertz CT molecular complexity index is 1280. The summed E-state index contributed by atoms with van der Waals surface area (Å²) in [5.74, 6) is -1.61. The van der Waals surface area contributed by atoms with Gasteiger partial charge in [-0.3, -0.25) is 14.5 Å². The van der Waals surface area contributed by atoms with Crippen LogP contribution < -0.4 is 4.90 Å². The fourth-order valence-corrected chi connectivity index (χ4v) is 4.32. The van der Waals surface area contributed by atoms with Gasteiger partial charge in [0.05, 0.1) is 11.6 Å². The Hall–Kier alpha value is -3.38. The van der Waals surface area contributed by atoms with E-state index in [-0.39, 0.29) is 17.1 Å². The molecule has 3 aromatic rings. The highest BCUT2D eigenvalue weighted by atomic mass is 79.9. The van der Waals surface area contributed by atoms with E-state index in [2.05, 4.69) is 15.9 Å². The van der Waals surface area contributed by atoms with Crippen molar-refractivity contribution in [3.8, 4) is 5.75 Å². The lowest BCUT2D eigenvalue weighted by Crippen LogP contribution is -2.30. The number of aromatic hydroxyl groups is 1. The van der Waals surface area contributed by atoms with Crippen molar-refractivity contribution in [3.05, 3.63) is 98.5 Å². The van der Waals surface area contributed by atoms with E-state index in [1.165, 1.54) is 17.0 Å². The number of amides is 1. The predicted molar refractivity (Wildman–Crippen MR) is 128 cm³/mol. The zero-order valence-corrected chi connectivity index (χ0v) is 19.5. The number of carbonyl (C=O) groups excluding carboxylic acids is 2. The van der Waals surface area contributed by atoms with Gasteiger partial charge in [0.15, 0.2) is 0 Å². The SMILES string of the molecule is Cc1ccc(N2C(=O)C(=O)/C(=C(/O)c3ccc(Br)c(C)c3)C2c2ccc(O)cc2)c(C)c1. The molecule has 1 amide bonds. The second-order valence-electron chi connectivity index (χ2n) is 8.01. The largest absolute Gasteiger partial charge is 0.508 e. The first-order valence-electron chi connectivity index (χ1n) is 10.1. The van der Waals surface area contributed by atoms with Crippen LogP contribution in [0.25, 0.3) is 5.76 Å². The monoisotopic (exact) mass is 491 g/mol. The van der Waals surface area contributed by atoms with E-state index >= 15 is 0 Å². The maximum absolute atomic E-state index is 13.2. The fourth-order valence-electron chi connectivity index (χ4n) is 4.08. The number of hydrogen-bond donors (Lipinski definition) is 2. The van der Waals surface area contributed by atoms with Gasteiger partial charge in [-0.2, -0.15) is 0 Å². The summed E-state index contributed by atoms with van der Waals surface area (Å²) in [6.45, 7) is 5.72. The lowest BCUT2D eigenvalue weighted by molar-refractivity contribution is -0.132. The molecule has 1 atom stereocenters. The molecule has 1 unspecified atom stereocenters. The topological polar surface area (TPSA) is 77.8 Å². The molecule has 1 fully saturated rings. The number of hydrogen-bond acceptors (Lipinski definition) is 4. The Morgan fingerprint density at radius 3 is 2.22 bits per heavy atom. The van der Waals surface area contributed by atoms with Crippen molar-refractivity contribution in [3.63, 3.8) is 0 Å². The molecule has 0 spiro atoms. The maximum atomic E-state index is 13.2. The fraction of sp³-hybridized carbons (Fsp3) is 0.154. The molecule has 32 heavy (non-hydrogen) atoms. The standard InChI is InChI=1S/C26H22BrNO4/c1-14-4-11-21(16(3)12-14)28-23(17-5-8-19(29)9-6-17)22(25(31)26(28)32)24(30)18-7-10-20(27)15(2)13-18/h4-13,23,29-30H,1-3H3/b24-22+. The van der Waals surface area contributed by atoms with Crippen molar-refractivity contribution in [2.24, 2.45) is 0 Å². The number of ketones is 1. The number of halogens is 1. The number of aryl methyl sites for hydroxylation is 3. The van der Waals surface area contributed by atoms with Gasteiger partial charge in [0, 0.05) is 15.7 Å². The summed E-state index contributed by atoms with van der Waals surface area (Å²) in [5, 5.41) is 21.0. The number of nitrogens with zero attached hydrogens (tertiary/aromatic N) is 1. The van der Waals surface area contributed by atoms with Crippen LogP contribution in [0.3, 0.4) is 0 Å². The van der Waals surface area contributed by atoms with E-state index in [1.807, 2.05) is 39.0 Å². The van der Waals surface area contributed by atoms with Gasteiger partial charge in [0.25, 0.3) is 11.7 Å². The van der Waals surface area contributed by atoms with E-state index in [9.17, 15) is 19.8 Å². The molecular weight excluding hydrogens is 470 g/mol. The van der Waals surface area contributed by atoms with Crippen LogP contribution in [0.1, 0.15) is 33.9 Å². The third kappa shape index (κ3) is 3.71. The second-order valence-corrected chi connectivity index (χ2v) is 8.87. The molecule has 1 aliphatic heterocycles. The molecule has 2 N–H and O–H groups in total. The van der Waals surface area contributed by atoms with Crippen LogP contribution in [0.5, 0.6) is 5.75 Å². The van der Waals surface area contributed by atoms with Crippen molar-refractivity contribution in [2.45, 2.75) is 26.8 Å². The number of benzene rings is 3. The zero-order chi connectivity index (χ0) is 23.2. The van der Waals surface area contributed by atoms with Gasteiger partial charge in [0.2, 0.25) is 0 Å². The van der Waals surface area contributed by atoms with Gasteiger partial charge in [-0.25, -0.2) is 0 Å². The first kappa shape index (κ1) is 21.8. The molecule has 4 rings (SSSR count). The molecular formula is C26H22BrNO4. The van der Waals surface area contributed by atoms with Crippen LogP contribution in [-0.2, 0) is 9.59 Å². The average Bonchev–Trinajstić information content (AvgIpc) is 3.01. The zero-order valence-electron chi connectivity index (χ0n) is 17.9. The Morgan fingerprint density at radius 2 is 1.59 bits per heavy atom. The summed E-state index contributed by atoms with van der Waals surface area (Å²) in [7, 11) is 0. The third-order valence-electron chi connectivity index (χ3n) is 5.70. The minimum Gasteiger partial charge on any atom is -0.508 e. The number of anilines is 1. The Kier molecular flexibility index (Phi) is 5.65. The predicted octanol–water partition coefficient (Wildman–Crippen LogP) is 5.71. The van der Waals surface area contributed by atoms with Gasteiger partial charge in [-0.15, -0.1) is 0 Å². The summed E-state index contributed by atoms with van der Waals surface area (Å²) >= 11 is 3.44. The Morgan fingerprint density at radius 1 is 0.906 bits per heavy atom. The summed E-state index contributed by atoms with van der Waals surface area (Å²) in [5.41, 5.74) is 4.44. The average molecular weight is 492 g/mol. The number of Topliss-reactive ketones (excluding diaryl/α,β-unsaturated/α-hetero) is 1. The molecule has 1 heterocycles. The smallest absolute Gasteiger partial charge is 0.300 e. The lowest BCUT2D eigenvalue weighted by atomic mass is 9.94. The number of carbonyl (C=O) groups is 2. The van der Waals surface area contributed by atoms with Gasteiger partial charge < -0.3 is 10.2 Å². The first-order valence-corrected chi connectivity index (χ1v) is 10.9. The Labute approximate surface area is 194 Å². The lowest BCUT2D eigenvalue weighted by Gasteiger charge is -2.27. The minimum atomic E-state index is -0.832. The number of phenols is 1. The molecule has 0 aromatic heterocycles. The number of phenolic OH excluding ortho intramolecular Hbond substituents is 1. The van der Waals surface area contributed by atoms with Crippen molar-refractivity contribution < 1.29 is 19.8 Å². The highest BCUT2D eigenvalue weighted by molar-refractivity contribution is 9.10. The highest BCUT2D eigenvalue weighted by Gasteiger charge is 2.47. The third-order valence-corrected chi connectivity index (χ3v) is 6.59. The van der Waals surface area contributed by atoms with E-state index in [4.69, 9.17) is 0 Å². The summed E-state index contributed by atoms with van der Waals surface area (Å²) in [6.07, 6.45) is 0. The Balaban J connectivity index is 1.97. The normalized spacial score (nSPS) is 17.8. The van der Waals surface area contributed by atoms with Crippen molar-refractivity contribution in [1.82, 2.24) is 0 Å². The number of aliphatic hydroxyl groups is 1. The first-order chi connectivity index (χ1) is 15.2. The van der Waals surface area contributed by atoms with E-state index < -0.39 is 17.7 Å². The molecule has 3 aromatic carbocycles. The van der Waals surface area contributed by atoms with Crippen LogP contribution in [0.2, 0.25) is 0 Å². The van der Waals surface area contributed by atoms with Crippen LogP contribution in [0.4, 0.5) is 5.69 Å². The highest BCUT2D eigenvalue weighted by Crippen LogP contribution is 2.43. The maximum Gasteiger partial charge on any atom is 0.300 e. The molecule has 162 valence electrons.